The molecule has 0 saturated carbocycles. The van der Waals surface area contributed by atoms with Crippen LogP contribution in [-0.2, 0) is 12.8 Å². The van der Waals surface area contributed by atoms with Crippen LogP contribution in [0.3, 0.4) is 0 Å². The van der Waals surface area contributed by atoms with E-state index in [9.17, 15) is 4.79 Å². The molecule has 0 atom stereocenters. The first kappa shape index (κ1) is 13.7. The minimum atomic E-state index is -0.0637. The predicted octanol–water partition coefficient (Wildman–Crippen LogP) is 4.53. The van der Waals surface area contributed by atoms with E-state index < -0.39 is 0 Å². The summed E-state index contributed by atoms with van der Waals surface area (Å²) in [6, 6.07) is 10.5. The third kappa shape index (κ3) is 2.36. The van der Waals surface area contributed by atoms with Crippen LogP contribution in [0.5, 0.6) is 0 Å². The molecule has 0 radical (unpaired) electrons. The van der Waals surface area contributed by atoms with E-state index in [2.05, 4.69) is 34.6 Å². The molecule has 0 aliphatic heterocycles. The summed E-state index contributed by atoms with van der Waals surface area (Å²) >= 11 is 3.03. The van der Waals surface area contributed by atoms with Crippen LogP contribution >= 0.6 is 22.7 Å². The Labute approximate surface area is 136 Å². The van der Waals surface area contributed by atoms with Gasteiger partial charge < -0.3 is 0 Å². The zero-order chi connectivity index (χ0) is 15.1. The number of thiazole rings is 1. The van der Waals surface area contributed by atoms with Crippen molar-refractivity contribution in [1.29, 1.82) is 0 Å². The van der Waals surface area contributed by atoms with E-state index in [0.29, 0.717) is 5.13 Å². The van der Waals surface area contributed by atoms with Crippen molar-refractivity contribution in [2.75, 3.05) is 5.32 Å². The van der Waals surface area contributed by atoms with Crippen LogP contribution in [0.2, 0.25) is 0 Å². The number of aromatic nitrogens is 1. The molecule has 1 amide bonds. The number of carbonyl (C=O) groups excluding carboxylic acids is 1. The largest absolute Gasteiger partial charge is 0.297 e. The maximum Gasteiger partial charge on any atom is 0.267 e. The second kappa shape index (κ2) is 5.34. The van der Waals surface area contributed by atoms with Gasteiger partial charge in [-0.05, 0) is 42.5 Å². The monoisotopic (exact) mass is 326 g/mol. The third-order valence-corrected chi connectivity index (χ3v) is 5.88. The normalized spacial score (nSPS) is 12.6. The number of benzene rings is 1. The molecule has 1 aliphatic carbocycles. The van der Waals surface area contributed by atoms with E-state index in [1.165, 1.54) is 32.9 Å². The Balaban J connectivity index is 1.65. The molecular weight excluding hydrogens is 312 g/mol. The van der Waals surface area contributed by atoms with Gasteiger partial charge in [0.25, 0.3) is 5.91 Å². The number of hydrogen-bond acceptors (Lipinski definition) is 4. The lowest BCUT2D eigenvalue weighted by Gasteiger charge is -2.15. The summed E-state index contributed by atoms with van der Waals surface area (Å²) in [5, 5.41) is 5.49. The van der Waals surface area contributed by atoms with Gasteiger partial charge in [0, 0.05) is 10.3 Å². The van der Waals surface area contributed by atoms with Gasteiger partial charge in [-0.15, -0.1) is 22.7 Å². The summed E-state index contributed by atoms with van der Waals surface area (Å²) in [5.41, 5.74) is 4.86. The van der Waals surface area contributed by atoms with Crippen LogP contribution in [0, 0.1) is 6.92 Å². The van der Waals surface area contributed by atoms with Crippen LogP contribution in [0.4, 0.5) is 5.13 Å². The molecule has 2 aromatic heterocycles. The fourth-order valence-electron chi connectivity index (χ4n) is 2.75. The Morgan fingerprint density at radius 3 is 2.86 bits per heavy atom. The van der Waals surface area contributed by atoms with E-state index in [0.717, 1.165) is 23.4 Å². The highest BCUT2D eigenvalue weighted by Gasteiger charge is 2.21. The minimum Gasteiger partial charge on any atom is -0.297 e. The molecule has 0 fully saturated rings. The average molecular weight is 326 g/mol. The number of carbonyl (C=O) groups is 1. The minimum absolute atomic E-state index is 0.0637. The van der Waals surface area contributed by atoms with Gasteiger partial charge in [-0.2, -0.15) is 0 Å². The van der Waals surface area contributed by atoms with Crippen molar-refractivity contribution in [3.05, 3.63) is 57.4 Å². The molecule has 110 valence electrons. The Bertz CT molecular complexity index is 863. The first-order valence-electron chi connectivity index (χ1n) is 7.15. The number of amides is 1. The highest BCUT2D eigenvalue weighted by atomic mass is 32.1. The Morgan fingerprint density at radius 1 is 1.23 bits per heavy atom. The number of fused-ring (bicyclic) bond motifs is 3. The van der Waals surface area contributed by atoms with Gasteiger partial charge in [-0.1, -0.05) is 24.3 Å². The third-order valence-electron chi connectivity index (χ3n) is 3.80. The maximum atomic E-state index is 12.4. The van der Waals surface area contributed by atoms with Gasteiger partial charge >= 0.3 is 0 Å². The molecule has 1 N–H and O–H groups in total. The van der Waals surface area contributed by atoms with E-state index in [1.54, 1.807) is 11.3 Å². The van der Waals surface area contributed by atoms with Crippen LogP contribution < -0.4 is 5.32 Å². The Kier molecular flexibility index (Phi) is 3.32. The number of aryl methyl sites for hydroxylation is 3. The fourth-order valence-corrected chi connectivity index (χ4v) is 4.60. The molecule has 0 saturated heterocycles. The Hall–Kier alpha value is -1.98. The van der Waals surface area contributed by atoms with E-state index in [-0.39, 0.29) is 5.91 Å². The zero-order valence-electron chi connectivity index (χ0n) is 12.1. The first-order chi connectivity index (χ1) is 10.7. The standard InChI is InChI=1S/C17H14N2OS2/c1-10-9-21-17(18-10)19-16(20)14-8-12-7-6-11-4-2-3-5-13(11)15(12)22-14/h2-5,8-9H,6-7H2,1H3,(H,18,19,20). The van der Waals surface area contributed by atoms with Crippen LogP contribution in [0.1, 0.15) is 26.5 Å². The summed E-state index contributed by atoms with van der Waals surface area (Å²) < 4.78 is 0. The summed E-state index contributed by atoms with van der Waals surface area (Å²) in [7, 11) is 0. The van der Waals surface area contributed by atoms with Gasteiger partial charge in [0.05, 0.1) is 10.6 Å². The van der Waals surface area contributed by atoms with Crippen molar-refractivity contribution in [2.45, 2.75) is 19.8 Å². The second-order valence-corrected chi connectivity index (χ2v) is 7.28. The summed E-state index contributed by atoms with van der Waals surface area (Å²) in [5.74, 6) is -0.0637. The van der Waals surface area contributed by atoms with Crippen molar-refractivity contribution in [3.8, 4) is 10.4 Å². The molecule has 0 unspecified atom stereocenters. The Morgan fingerprint density at radius 2 is 2.05 bits per heavy atom. The lowest BCUT2D eigenvalue weighted by Crippen LogP contribution is -2.09. The van der Waals surface area contributed by atoms with Gasteiger partial charge in [0.1, 0.15) is 0 Å². The molecule has 4 rings (SSSR count). The van der Waals surface area contributed by atoms with Crippen LogP contribution in [-0.4, -0.2) is 10.9 Å². The van der Waals surface area contributed by atoms with Crippen molar-refractivity contribution in [3.63, 3.8) is 0 Å². The molecule has 3 aromatic rings. The average Bonchev–Trinajstić information content (AvgIpc) is 3.13. The van der Waals surface area contributed by atoms with E-state index in [1.807, 2.05) is 18.4 Å². The van der Waals surface area contributed by atoms with Crippen molar-refractivity contribution in [1.82, 2.24) is 4.98 Å². The van der Waals surface area contributed by atoms with Gasteiger partial charge in [0.2, 0.25) is 0 Å². The number of hydrogen-bond donors (Lipinski definition) is 1. The zero-order valence-corrected chi connectivity index (χ0v) is 13.7. The number of anilines is 1. The lowest BCUT2D eigenvalue weighted by molar-refractivity contribution is 0.103. The predicted molar refractivity (Wildman–Crippen MR) is 92.0 cm³/mol. The van der Waals surface area contributed by atoms with Crippen LogP contribution in [0.25, 0.3) is 10.4 Å². The molecule has 1 aromatic carbocycles. The van der Waals surface area contributed by atoms with Gasteiger partial charge in [-0.3, -0.25) is 10.1 Å². The maximum absolute atomic E-state index is 12.4. The second-order valence-electron chi connectivity index (χ2n) is 5.37. The van der Waals surface area contributed by atoms with Crippen molar-refractivity contribution < 1.29 is 4.79 Å². The number of rotatable bonds is 2. The first-order valence-corrected chi connectivity index (χ1v) is 8.85. The smallest absolute Gasteiger partial charge is 0.267 e. The molecule has 0 bridgehead atoms. The molecule has 3 nitrogen and oxygen atoms in total. The molecule has 1 aliphatic rings. The number of nitrogens with zero attached hydrogens (tertiary/aromatic N) is 1. The van der Waals surface area contributed by atoms with E-state index in [4.69, 9.17) is 0 Å². The summed E-state index contributed by atoms with van der Waals surface area (Å²) in [6.07, 6.45) is 2.05. The number of thiophene rings is 1. The van der Waals surface area contributed by atoms with Crippen LogP contribution in [0.15, 0.2) is 35.7 Å². The summed E-state index contributed by atoms with van der Waals surface area (Å²) in [6.45, 7) is 1.92. The highest BCUT2D eigenvalue weighted by molar-refractivity contribution is 7.18. The molecular formula is C17H14N2OS2. The highest BCUT2D eigenvalue weighted by Crippen LogP contribution is 2.39. The summed E-state index contributed by atoms with van der Waals surface area (Å²) in [4.78, 5) is 18.7. The molecule has 2 heterocycles. The van der Waals surface area contributed by atoms with E-state index >= 15 is 0 Å². The molecule has 0 spiro atoms. The SMILES string of the molecule is Cc1csc(NC(=O)c2cc3c(s2)-c2ccccc2CC3)n1. The molecule has 22 heavy (non-hydrogen) atoms. The topological polar surface area (TPSA) is 42.0 Å². The van der Waals surface area contributed by atoms with Crippen molar-refractivity contribution in [2.24, 2.45) is 0 Å². The van der Waals surface area contributed by atoms with Crippen molar-refractivity contribution >= 4 is 33.7 Å². The fraction of sp³-hybridized carbons (Fsp3) is 0.176. The molecule has 5 heteroatoms. The van der Waals surface area contributed by atoms with Gasteiger partial charge in [0.15, 0.2) is 5.13 Å². The number of nitrogens with one attached hydrogen (secondary N) is 1. The van der Waals surface area contributed by atoms with Gasteiger partial charge in [-0.25, -0.2) is 4.98 Å². The lowest BCUT2D eigenvalue weighted by atomic mass is 9.91. The quantitative estimate of drug-likeness (QED) is 0.751.